The molecular formula is C14H25NO3. The summed E-state index contributed by atoms with van der Waals surface area (Å²) in [5.74, 6) is 0.328. The van der Waals surface area contributed by atoms with E-state index in [1.165, 1.54) is 4.90 Å². The second kappa shape index (κ2) is 5.72. The summed E-state index contributed by atoms with van der Waals surface area (Å²) in [5.41, 5.74) is -0.524. The highest BCUT2D eigenvalue weighted by Crippen LogP contribution is 2.27. The zero-order valence-corrected chi connectivity index (χ0v) is 12.2. The molecule has 1 rings (SSSR count). The Morgan fingerprint density at radius 3 is 2.17 bits per heavy atom. The Balaban J connectivity index is 2.58. The van der Waals surface area contributed by atoms with Crippen molar-refractivity contribution in [2.24, 2.45) is 5.92 Å². The average Bonchev–Trinajstić information content (AvgIpc) is 2.07. The van der Waals surface area contributed by atoms with Crippen LogP contribution in [-0.4, -0.2) is 35.0 Å². The van der Waals surface area contributed by atoms with Gasteiger partial charge >= 0.3 is 6.09 Å². The van der Waals surface area contributed by atoms with Gasteiger partial charge < -0.3 is 4.74 Å². The number of nitrogens with zero attached hydrogens (tertiary/aromatic N) is 1. The van der Waals surface area contributed by atoms with E-state index < -0.39 is 11.7 Å². The standard InChI is InChI=1S/C14H25NO3/c1-10(2)15(13(17)18-14(3,4)5)9-12(16)11-7-6-8-11/h10-11H,6-9H2,1-5H3. The fourth-order valence-electron chi connectivity index (χ4n) is 1.81. The van der Waals surface area contributed by atoms with Crippen molar-refractivity contribution < 1.29 is 14.3 Å². The Kier molecular flexibility index (Phi) is 4.77. The molecule has 0 N–H and O–H groups in total. The first-order valence-corrected chi connectivity index (χ1v) is 6.73. The molecule has 1 saturated carbocycles. The summed E-state index contributed by atoms with van der Waals surface area (Å²) in [6.07, 6.45) is 2.67. The van der Waals surface area contributed by atoms with Gasteiger partial charge in [0, 0.05) is 12.0 Å². The van der Waals surface area contributed by atoms with Crippen LogP contribution in [0.25, 0.3) is 0 Å². The predicted octanol–water partition coefficient (Wildman–Crippen LogP) is 3.00. The number of amides is 1. The number of Topliss-reactive ketones (excluding diaryl/α,β-unsaturated/α-hetero) is 1. The highest BCUT2D eigenvalue weighted by molar-refractivity contribution is 5.86. The fourth-order valence-corrected chi connectivity index (χ4v) is 1.81. The Hall–Kier alpha value is -1.06. The summed E-state index contributed by atoms with van der Waals surface area (Å²) in [5, 5.41) is 0. The number of hydrogen-bond acceptors (Lipinski definition) is 3. The molecule has 4 nitrogen and oxygen atoms in total. The molecule has 0 heterocycles. The van der Waals surface area contributed by atoms with Crippen LogP contribution in [0, 0.1) is 5.92 Å². The van der Waals surface area contributed by atoms with Crippen molar-refractivity contribution in [2.45, 2.75) is 65.5 Å². The van der Waals surface area contributed by atoms with Gasteiger partial charge in [-0.05, 0) is 47.5 Å². The highest BCUT2D eigenvalue weighted by atomic mass is 16.6. The van der Waals surface area contributed by atoms with Crippen molar-refractivity contribution in [3.05, 3.63) is 0 Å². The molecule has 0 aromatic heterocycles. The van der Waals surface area contributed by atoms with Gasteiger partial charge in [-0.2, -0.15) is 0 Å². The van der Waals surface area contributed by atoms with E-state index in [1.807, 2.05) is 34.6 Å². The molecule has 0 aliphatic heterocycles. The minimum atomic E-state index is -0.524. The second-order valence-electron chi connectivity index (χ2n) is 6.30. The quantitative estimate of drug-likeness (QED) is 0.775. The normalized spacial score (nSPS) is 16.3. The molecule has 0 spiro atoms. The van der Waals surface area contributed by atoms with E-state index in [0.717, 1.165) is 19.3 Å². The van der Waals surface area contributed by atoms with Crippen molar-refractivity contribution in [3.63, 3.8) is 0 Å². The van der Waals surface area contributed by atoms with Gasteiger partial charge in [-0.25, -0.2) is 4.79 Å². The van der Waals surface area contributed by atoms with E-state index >= 15 is 0 Å². The Morgan fingerprint density at radius 2 is 1.83 bits per heavy atom. The van der Waals surface area contributed by atoms with E-state index in [4.69, 9.17) is 4.74 Å². The second-order valence-corrected chi connectivity index (χ2v) is 6.30. The van der Waals surface area contributed by atoms with Crippen LogP contribution in [0.3, 0.4) is 0 Å². The van der Waals surface area contributed by atoms with Gasteiger partial charge in [-0.15, -0.1) is 0 Å². The van der Waals surface area contributed by atoms with Gasteiger partial charge in [-0.1, -0.05) is 6.42 Å². The van der Waals surface area contributed by atoms with Crippen LogP contribution in [0.15, 0.2) is 0 Å². The maximum absolute atomic E-state index is 12.0. The third-order valence-electron chi connectivity index (χ3n) is 3.14. The van der Waals surface area contributed by atoms with Crippen molar-refractivity contribution >= 4 is 11.9 Å². The zero-order valence-electron chi connectivity index (χ0n) is 12.2. The van der Waals surface area contributed by atoms with E-state index in [9.17, 15) is 9.59 Å². The van der Waals surface area contributed by atoms with Crippen LogP contribution in [0.1, 0.15) is 53.9 Å². The molecule has 4 heteroatoms. The van der Waals surface area contributed by atoms with E-state index in [0.29, 0.717) is 0 Å². The lowest BCUT2D eigenvalue weighted by molar-refractivity contribution is -0.126. The fraction of sp³-hybridized carbons (Fsp3) is 0.857. The molecule has 0 aromatic carbocycles. The lowest BCUT2D eigenvalue weighted by atomic mass is 9.82. The molecular weight excluding hydrogens is 230 g/mol. The number of ether oxygens (including phenoxy) is 1. The molecule has 1 amide bonds. The monoisotopic (exact) mass is 255 g/mol. The summed E-state index contributed by atoms with van der Waals surface area (Å²) >= 11 is 0. The van der Waals surface area contributed by atoms with Gasteiger partial charge in [0.25, 0.3) is 0 Å². The first-order valence-electron chi connectivity index (χ1n) is 6.73. The van der Waals surface area contributed by atoms with E-state index in [2.05, 4.69) is 0 Å². The summed E-state index contributed by atoms with van der Waals surface area (Å²) in [7, 11) is 0. The molecule has 1 aliphatic carbocycles. The van der Waals surface area contributed by atoms with Crippen LogP contribution in [0.4, 0.5) is 4.79 Å². The molecule has 18 heavy (non-hydrogen) atoms. The smallest absolute Gasteiger partial charge is 0.410 e. The van der Waals surface area contributed by atoms with Crippen LogP contribution < -0.4 is 0 Å². The third kappa shape index (κ3) is 4.31. The molecule has 1 aliphatic rings. The number of carbonyl (C=O) groups excluding carboxylic acids is 2. The maximum atomic E-state index is 12.0. The van der Waals surface area contributed by atoms with Crippen LogP contribution in [0.5, 0.6) is 0 Å². The van der Waals surface area contributed by atoms with Crippen molar-refractivity contribution in [1.82, 2.24) is 4.90 Å². The summed E-state index contributed by atoms with van der Waals surface area (Å²) in [6.45, 7) is 9.47. The van der Waals surface area contributed by atoms with Crippen LogP contribution >= 0.6 is 0 Å². The van der Waals surface area contributed by atoms with E-state index in [-0.39, 0.29) is 24.3 Å². The van der Waals surface area contributed by atoms with Crippen molar-refractivity contribution in [3.8, 4) is 0 Å². The Morgan fingerprint density at radius 1 is 1.28 bits per heavy atom. The summed E-state index contributed by atoms with van der Waals surface area (Å²) in [4.78, 5) is 25.5. The van der Waals surface area contributed by atoms with Gasteiger partial charge in [0.2, 0.25) is 0 Å². The number of hydrogen-bond donors (Lipinski definition) is 0. The summed E-state index contributed by atoms with van der Waals surface area (Å²) in [6, 6.07) is -0.0242. The predicted molar refractivity (Wildman–Crippen MR) is 70.4 cm³/mol. The minimum absolute atomic E-state index is 0.0242. The van der Waals surface area contributed by atoms with Gasteiger partial charge in [-0.3, -0.25) is 9.69 Å². The number of carbonyl (C=O) groups is 2. The number of ketones is 1. The molecule has 0 aromatic rings. The van der Waals surface area contributed by atoms with Gasteiger partial charge in [0.15, 0.2) is 5.78 Å². The Bertz CT molecular complexity index is 313. The van der Waals surface area contributed by atoms with Crippen molar-refractivity contribution in [2.75, 3.05) is 6.54 Å². The van der Waals surface area contributed by atoms with Crippen LogP contribution in [0.2, 0.25) is 0 Å². The van der Waals surface area contributed by atoms with Gasteiger partial charge in [0.1, 0.15) is 5.60 Å². The largest absolute Gasteiger partial charge is 0.444 e. The van der Waals surface area contributed by atoms with Gasteiger partial charge in [0.05, 0.1) is 6.54 Å². The molecule has 0 atom stereocenters. The molecule has 104 valence electrons. The molecule has 0 bridgehead atoms. The molecule has 1 fully saturated rings. The zero-order chi connectivity index (χ0) is 13.9. The lowest BCUT2D eigenvalue weighted by Crippen LogP contribution is -2.45. The third-order valence-corrected chi connectivity index (χ3v) is 3.14. The maximum Gasteiger partial charge on any atom is 0.410 e. The van der Waals surface area contributed by atoms with Crippen molar-refractivity contribution in [1.29, 1.82) is 0 Å². The van der Waals surface area contributed by atoms with Crippen LogP contribution in [-0.2, 0) is 9.53 Å². The first kappa shape index (κ1) is 15.0. The Labute approximate surface area is 110 Å². The molecule has 0 radical (unpaired) electrons. The van der Waals surface area contributed by atoms with E-state index in [1.54, 1.807) is 0 Å². The highest BCUT2D eigenvalue weighted by Gasteiger charge is 2.31. The molecule has 0 saturated heterocycles. The first-order chi connectivity index (χ1) is 8.20. The lowest BCUT2D eigenvalue weighted by Gasteiger charge is -2.32. The molecule has 0 unspecified atom stereocenters. The number of rotatable bonds is 4. The summed E-state index contributed by atoms with van der Waals surface area (Å²) < 4.78 is 5.33. The minimum Gasteiger partial charge on any atom is -0.444 e. The topological polar surface area (TPSA) is 46.6 Å². The average molecular weight is 255 g/mol. The SMILES string of the molecule is CC(C)N(CC(=O)C1CCC1)C(=O)OC(C)(C)C.